The molecule has 15 heavy (non-hydrogen) atoms. The maximum atomic E-state index is 11.7. The number of likely N-dealkylation sites (N-methyl/N-ethyl adjacent to an activating group) is 1. The van der Waals surface area contributed by atoms with Gasteiger partial charge in [-0.15, -0.1) is 0 Å². The van der Waals surface area contributed by atoms with Crippen LogP contribution in [0, 0.1) is 0 Å². The Morgan fingerprint density at radius 1 is 1.60 bits per heavy atom. The Morgan fingerprint density at radius 3 is 2.73 bits per heavy atom. The lowest BCUT2D eigenvalue weighted by molar-refractivity contribution is -0.132. The van der Waals surface area contributed by atoms with Crippen LogP contribution in [0.25, 0.3) is 0 Å². The van der Waals surface area contributed by atoms with Crippen molar-refractivity contribution in [3.63, 3.8) is 0 Å². The largest absolute Gasteiger partial charge is 0.376 e. The van der Waals surface area contributed by atoms with Gasteiger partial charge in [0, 0.05) is 32.2 Å². The van der Waals surface area contributed by atoms with Crippen LogP contribution in [0.5, 0.6) is 0 Å². The summed E-state index contributed by atoms with van der Waals surface area (Å²) in [5, 5.41) is 0. The molecule has 0 aromatic rings. The van der Waals surface area contributed by atoms with Crippen LogP contribution in [0.1, 0.15) is 33.1 Å². The third-order valence-electron chi connectivity index (χ3n) is 2.53. The van der Waals surface area contributed by atoms with Gasteiger partial charge in [-0.2, -0.15) is 0 Å². The first-order valence-corrected chi connectivity index (χ1v) is 5.53. The lowest BCUT2D eigenvalue weighted by atomic mass is 10.0. The topological polar surface area (TPSA) is 55.6 Å². The van der Waals surface area contributed by atoms with Crippen molar-refractivity contribution in [2.45, 2.75) is 44.8 Å². The summed E-state index contributed by atoms with van der Waals surface area (Å²) < 4.78 is 5.48. The third-order valence-corrected chi connectivity index (χ3v) is 2.53. The first-order valence-electron chi connectivity index (χ1n) is 5.53. The molecule has 4 heteroatoms. The Kier molecular flexibility index (Phi) is 4.11. The molecule has 1 amide bonds. The molecule has 0 saturated carbocycles. The summed E-state index contributed by atoms with van der Waals surface area (Å²) in [6.45, 7) is 5.25. The van der Waals surface area contributed by atoms with E-state index in [0.29, 0.717) is 13.0 Å². The van der Waals surface area contributed by atoms with Gasteiger partial charge in [-0.3, -0.25) is 4.79 Å². The van der Waals surface area contributed by atoms with Gasteiger partial charge in [0.1, 0.15) is 0 Å². The van der Waals surface area contributed by atoms with Crippen LogP contribution in [-0.4, -0.2) is 42.6 Å². The van der Waals surface area contributed by atoms with Crippen molar-refractivity contribution in [1.82, 2.24) is 4.90 Å². The Hall–Kier alpha value is -0.610. The molecule has 88 valence electrons. The second-order valence-electron chi connectivity index (χ2n) is 5.07. The van der Waals surface area contributed by atoms with E-state index in [-0.39, 0.29) is 12.0 Å². The number of ether oxygens (including phenoxy) is 1. The molecule has 1 aliphatic heterocycles. The number of carbonyl (C=O) groups is 1. The van der Waals surface area contributed by atoms with E-state index in [0.717, 1.165) is 19.4 Å². The van der Waals surface area contributed by atoms with Crippen molar-refractivity contribution in [2.24, 2.45) is 5.73 Å². The van der Waals surface area contributed by atoms with Crippen LogP contribution >= 0.6 is 0 Å². The van der Waals surface area contributed by atoms with E-state index in [1.54, 1.807) is 4.90 Å². The summed E-state index contributed by atoms with van der Waals surface area (Å²) in [5.41, 5.74) is 5.37. The molecule has 1 atom stereocenters. The summed E-state index contributed by atoms with van der Waals surface area (Å²) in [5.74, 6) is 0.0954. The average molecular weight is 214 g/mol. The molecule has 2 N–H and O–H groups in total. The zero-order valence-electron chi connectivity index (χ0n) is 9.95. The second kappa shape index (κ2) is 4.94. The molecule has 1 fully saturated rings. The van der Waals surface area contributed by atoms with Crippen molar-refractivity contribution in [3.05, 3.63) is 0 Å². The van der Waals surface area contributed by atoms with Crippen LogP contribution in [0.15, 0.2) is 0 Å². The van der Waals surface area contributed by atoms with Gasteiger partial charge in [0.05, 0.1) is 6.10 Å². The Labute approximate surface area is 91.8 Å². The van der Waals surface area contributed by atoms with Crippen LogP contribution in [0.4, 0.5) is 0 Å². The lowest BCUT2D eigenvalue weighted by Gasteiger charge is -2.25. The fourth-order valence-corrected chi connectivity index (χ4v) is 1.72. The van der Waals surface area contributed by atoms with Crippen molar-refractivity contribution in [1.29, 1.82) is 0 Å². The van der Waals surface area contributed by atoms with Crippen molar-refractivity contribution < 1.29 is 9.53 Å². The Balaban J connectivity index is 2.32. The molecule has 0 spiro atoms. The maximum Gasteiger partial charge on any atom is 0.224 e. The normalized spacial score (nSPS) is 21.7. The highest BCUT2D eigenvalue weighted by Gasteiger charge is 2.23. The third kappa shape index (κ3) is 4.62. The van der Waals surface area contributed by atoms with Crippen molar-refractivity contribution >= 4 is 5.91 Å². The van der Waals surface area contributed by atoms with E-state index < -0.39 is 5.54 Å². The van der Waals surface area contributed by atoms with Gasteiger partial charge < -0.3 is 15.4 Å². The molecule has 1 heterocycles. The highest BCUT2D eigenvalue weighted by atomic mass is 16.5. The predicted molar refractivity (Wildman–Crippen MR) is 59.5 cm³/mol. The van der Waals surface area contributed by atoms with Gasteiger partial charge in [0.25, 0.3) is 0 Å². The molecule has 1 aliphatic rings. The van der Waals surface area contributed by atoms with Gasteiger partial charge in [-0.25, -0.2) is 0 Å². The second-order valence-corrected chi connectivity index (χ2v) is 5.07. The monoisotopic (exact) mass is 214 g/mol. The lowest BCUT2D eigenvalue weighted by Crippen LogP contribution is -2.42. The van der Waals surface area contributed by atoms with Gasteiger partial charge in [-0.05, 0) is 26.7 Å². The van der Waals surface area contributed by atoms with Crippen LogP contribution in [0.2, 0.25) is 0 Å². The van der Waals surface area contributed by atoms with Crippen molar-refractivity contribution in [3.8, 4) is 0 Å². The van der Waals surface area contributed by atoms with Gasteiger partial charge in [0.15, 0.2) is 0 Å². The number of rotatable bonds is 4. The first-order chi connectivity index (χ1) is 6.88. The molecule has 0 aromatic carbocycles. The molecular formula is C11H22N2O2. The highest BCUT2D eigenvalue weighted by Crippen LogP contribution is 2.14. The molecule has 1 rings (SSSR count). The summed E-state index contributed by atoms with van der Waals surface area (Å²) in [4.78, 5) is 13.5. The summed E-state index contributed by atoms with van der Waals surface area (Å²) in [6, 6.07) is 0. The van der Waals surface area contributed by atoms with Gasteiger partial charge >= 0.3 is 0 Å². The molecule has 1 unspecified atom stereocenters. The predicted octanol–water partition coefficient (Wildman–Crippen LogP) is 0.751. The summed E-state index contributed by atoms with van der Waals surface area (Å²) in [7, 11) is 1.82. The van der Waals surface area contributed by atoms with Crippen LogP contribution < -0.4 is 5.73 Å². The minimum Gasteiger partial charge on any atom is -0.376 e. The number of hydrogen-bond acceptors (Lipinski definition) is 3. The van der Waals surface area contributed by atoms with E-state index in [4.69, 9.17) is 10.5 Å². The quantitative estimate of drug-likeness (QED) is 0.751. The highest BCUT2D eigenvalue weighted by molar-refractivity contribution is 5.77. The molecule has 0 aliphatic carbocycles. The summed E-state index contributed by atoms with van der Waals surface area (Å²) in [6.07, 6.45) is 2.77. The average Bonchev–Trinajstić information content (AvgIpc) is 2.53. The number of hydrogen-bond donors (Lipinski definition) is 1. The Bertz CT molecular complexity index is 217. The van der Waals surface area contributed by atoms with Gasteiger partial charge in [-0.1, -0.05) is 0 Å². The first kappa shape index (κ1) is 12.5. The van der Waals surface area contributed by atoms with Crippen LogP contribution in [-0.2, 0) is 9.53 Å². The Morgan fingerprint density at radius 2 is 2.27 bits per heavy atom. The van der Waals surface area contributed by atoms with Crippen LogP contribution in [0.3, 0.4) is 0 Å². The molecule has 0 aromatic heterocycles. The molecule has 1 saturated heterocycles. The zero-order valence-corrected chi connectivity index (χ0v) is 9.95. The van der Waals surface area contributed by atoms with E-state index >= 15 is 0 Å². The minimum absolute atomic E-state index is 0.0954. The van der Waals surface area contributed by atoms with E-state index in [2.05, 4.69) is 0 Å². The molecule has 0 bridgehead atoms. The fraction of sp³-hybridized carbons (Fsp3) is 0.909. The maximum absolute atomic E-state index is 11.7. The van der Waals surface area contributed by atoms with E-state index in [1.165, 1.54) is 0 Å². The standard InChI is InChI=1S/C11H22N2O2/c1-11(2,12)7-10(14)13(3)8-9-5-4-6-15-9/h9H,4-8,12H2,1-3H3. The van der Waals surface area contributed by atoms with E-state index in [1.807, 2.05) is 20.9 Å². The molecule has 0 radical (unpaired) electrons. The fourth-order valence-electron chi connectivity index (χ4n) is 1.72. The minimum atomic E-state index is -0.429. The SMILES string of the molecule is CN(CC1CCCO1)C(=O)CC(C)(C)N. The van der Waals surface area contributed by atoms with Gasteiger partial charge in [0.2, 0.25) is 5.91 Å². The number of nitrogens with two attached hydrogens (primary N) is 1. The smallest absolute Gasteiger partial charge is 0.224 e. The van der Waals surface area contributed by atoms with Crippen molar-refractivity contribution in [2.75, 3.05) is 20.2 Å². The molecule has 4 nitrogen and oxygen atoms in total. The van der Waals surface area contributed by atoms with E-state index in [9.17, 15) is 4.79 Å². The summed E-state index contributed by atoms with van der Waals surface area (Å²) >= 11 is 0. The number of nitrogens with zero attached hydrogens (tertiary/aromatic N) is 1. The molecular weight excluding hydrogens is 192 g/mol. The number of amides is 1. The number of carbonyl (C=O) groups excluding carboxylic acids is 1. The zero-order chi connectivity index (χ0) is 11.5.